The summed E-state index contributed by atoms with van der Waals surface area (Å²) in [5, 5.41) is 18.7. The number of aromatic nitrogens is 2. The van der Waals surface area contributed by atoms with Crippen molar-refractivity contribution < 1.29 is 4.74 Å². The molecule has 0 radical (unpaired) electrons. The van der Waals surface area contributed by atoms with Gasteiger partial charge in [-0.05, 0) is 45.1 Å². The lowest BCUT2D eigenvalue weighted by molar-refractivity contribution is -0.148. The Balaban J connectivity index is 2.03. The molecule has 1 aliphatic carbocycles. The van der Waals surface area contributed by atoms with Gasteiger partial charge in [-0.1, -0.05) is 26.7 Å². The molecule has 0 N–H and O–H groups in total. The molecule has 2 heterocycles. The van der Waals surface area contributed by atoms with Gasteiger partial charge in [-0.25, -0.2) is 0 Å². The second kappa shape index (κ2) is 6.33. The summed E-state index contributed by atoms with van der Waals surface area (Å²) < 4.78 is 6.48. The maximum Gasteiger partial charge on any atom is 0.169 e. The zero-order valence-corrected chi connectivity index (χ0v) is 15.4. The Hall–Kier alpha value is -1.67. The highest BCUT2D eigenvalue weighted by Crippen LogP contribution is 2.42. The zero-order chi connectivity index (χ0) is 17.4. The van der Waals surface area contributed by atoms with Crippen LogP contribution >= 0.6 is 0 Å². The van der Waals surface area contributed by atoms with E-state index >= 15 is 0 Å². The van der Waals surface area contributed by atoms with Crippen molar-refractivity contribution in [2.45, 2.75) is 77.4 Å². The van der Waals surface area contributed by atoms with Gasteiger partial charge in [0.2, 0.25) is 0 Å². The Labute approximate surface area is 145 Å². The highest BCUT2D eigenvalue weighted by Gasteiger charge is 2.46. The molecule has 1 saturated carbocycles. The molecule has 0 aromatic carbocycles. The van der Waals surface area contributed by atoms with E-state index in [1.54, 1.807) is 0 Å². The van der Waals surface area contributed by atoms with Crippen LogP contribution in [0.5, 0.6) is 0 Å². The predicted molar refractivity (Wildman–Crippen MR) is 94.1 cm³/mol. The lowest BCUT2D eigenvalue weighted by Crippen LogP contribution is -2.59. The first-order valence-electron chi connectivity index (χ1n) is 9.17. The molecule has 0 amide bonds. The number of aryl methyl sites for hydroxylation is 1. The molecule has 2 fully saturated rings. The van der Waals surface area contributed by atoms with Crippen LogP contribution in [0, 0.1) is 11.3 Å². The fourth-order valence-corrected chi connectivity index (χ4v) is 4.44. The minimum atomic E-state index is -0.243. The van der Waals surface area contributed by atoms with Crippen molar-refractivity contribution in [1.82, 2.24) is 10.2 Å². The Morgan fingerprint density at radius 1 is 1.12 bits per heavy atom. The van der Waals surface area contributed by atoms with Gasteiger partial charge in [0.25, 0.3) is 0 Å². The van der Waals surface area contributed by atoms with Gasteiger partial charge in [-0.2, -0.15) is 10.4 Å². The van der Waals surface area contributed by atoms with Gasteiger partial charge in [0, 0.05) is 13.1 Å². The van der Waals surface area contributed by atoms with E-state index in [2.05, 4.69) is 48.9 Å². The van der Waals surface area contributed by atoms with Crippen LogP contribution in [-0.4, -0.2) is 34.5 Å². The Morgan fingerprint density at radius 3 is 2.42 bits per heavy atom. The smallest absolute Gasteiger partial charge is 0.169 e. The van der Waals surface area contributed by atoms with Crippen LogP contribution < -0.4 is 4.90 Å². The van der Waals surface area contributed by atoms with E-state index in [9.17, 15) is 5.26 Å². The van der Waals surface area contributed by atoms with Crippen molar-refractivity contribution in [3.8, 4) is 6.07 Å². The fraction of sp³-hybridized carbons (Fsp3) is 0.737. The maximum atomic E-state index is 9.79. The first kappa shape index (κ1) is 17.2. The van der Waals surface area contributed by atoms with E-state index in [1.165, 1.54) is 12.8 Å². The molecule has 1 aliphatic heterocycles. The second-order valence-electron chi connectivity index (χ2n) is 7.75. The maximum absolute atomic E-state index is 9.79. The van der Waals surface area contributed by atoms with Crippen LogP contribution in [-0.2, 0) is 17.6 Å². The molecule has 1 aromatic heterocycles. The average Bonchev–Trinajstić information content (AvgIpc) is 2.98. The van der Waals surface area contributed by atoms with Gasteiger partial charge in [0.15, 0.2) is 5.82 Å². The van der Waals surface area contributed by atoms with E-state index in [1.807, 2.05) is 0 Å². The van der Waals surface area contributed by atoms with E-state index in [0.29, 0.717) is 5.56 Å². The minimum Gasteiger partial charge on any atom is -0.365 e. The quantitative estimate of drug-likeness (QED) is 0.851. The molecule has 1 saturated heterocycles. The predicted octanol–water partition coefficient (Wildman–Crippen LogP) is 3.40. The number of anilines is 1. The van der Waals surface area contributed by atoms with Crippen molar-refractivity contribution >= 4 is 5.82 Å². The van der Waals surface area contributed by atoms with Gasteiger partial charge in [0.1, 0.15) is 11.6 Å². The second-order valence-corrected chi connectivity index (χ2v) is 7.75. The lowest BCUT2D eigenvalue weighted by atomic mass is 9.93. The molecule has 130 valence electrons. The molecule has 0 bridgehead atoms. The topological polar surface area (TPSA) is 62.0 Å². The number of hydrogen-bond donors (Lipinski definition) is 0. The van der Waals surface area contributed by atoms with Crippen molar-refractivity contribution in [2.24, 2.45) is 0 Å². The molecule has 0 atom stereocenters. The first-order valence-corrected chi connectivity index (χ1v) is 9.17. The Bertz CT molecular complexity index is 656. The highest BCUT2D eigenvalue weighted by molar-refractivity contribution is 5.59. The standard InChI is InChI=1S/C19H28N4O/c1-5-14-15(11-20)17(22-21-16(14)6-2)23-12-18(3,4)24-19(13-23)9-7-8-10-19/h5-10,12-13H2,1-4H3. The summed E-state index contributed by atoms with van der Waals surface area (Å²) in [6.45, 7) is 9.98. The monoisotopic (exact) mass is 328 g/mol. The molecular weight excluding hydrogens is 300 g/mol. The third-order valence-corrected chi connectivity index (χ3v) is 5.30. The summed E-state index contributed by atoms with van der Waals surface area (Å²) in [5.41, 5.74) is 2.37. The summed E-state index contributed by atoms with van der Waals surface area (Å²) in [7, 11) is 0. The molecule has 0 unspecified atom stereocenters. The zero-order valence-electron chi connectivity index (χ0n) is 15.4. The summed E-state index contributed by atoms with van der Waals surface area (Å²) in [6.07, 6.45) is 6.24. The first-order chi connectivity index (χ1) is 11.4. The number of nitrogens with zero attached hydrogens (tertiary/aromatic N) is 4. The molecule has 3 rings (SSSR count). The third-order valence-electron chi connectivity index (χ3n) is 5.30. The van der Waals surface area contributed by atoms with Crippen LogP contribution in [0.1, 0.15) is 70.2 Å². The van der Waals surface area contributed by atoms with Crippen LogP contribution in [0.4, 0.5) is 5.82 Å². The summed E-state index contributed by atoms with van der Waals surface area (Å²) in [6, 6.07) is 2.41. The number of morpholine rings is 1. The van der Waals surface area contributed by atoms with Gasteiger partial charge in [-0.15, -0.1) is 5.10 Å². The summed E-state index contributed by atoms with van der Waals surface area (Å²) in [4.78, 5) is 2.25. The van der Waals surface area contributed by atoms with Crippen molar-refractivity contribution in [3.05, 3.63) is 16.8 Å². The van der Waals surface area contributed by atoms with Crippen LogP contribution in [0.3, 0.4) is 0 Å². The van der Waals surface area contributed by atoms with Gasteiger partial charge >= 0.3 is 0 Å². The number of nitriles is 1. The molecule has 24 heavy (non-hydrogen) atoms. The molecule has 5 nitrogen and oxygen atoms in total. The molecular formula is C19H28N4O. The largest absolute Gasteiger partial charge is 0.365 e. The molecule has 1 aromatic rings. The van der Waals surface area contributed by atoms with Gasteiger partial charge in [-0.3, -0.25) is 0 Å². The minimum absolute atomic E-state index is 0.0913. The highest BCUT2D eigenvalue weighted by atomic mass is 16.5. The SMILES string of the molecule is CCc1nnc(N2CC(C)(C)OC3(CCCC3)C2)c(C#N)c1CC. The molecule has 5 heteroatoms. The average molecular weight is 328 g/mol. The van der Waals surface area contributed by atoms with E-state index in [0.717, 1.165) is 55.8 Å². The summed E-state index contributed by atoms with van der Waals surface area (Å²) >= 11 is 0. The summed E-state index contributed by atoms with van der Waals surface area (Å²) in [5.74, 6) is 0.745. The Morgan fingerprint density at radius 2 is 1.83 bits per heavy atom. The molecule has 1 spiro atoms. The van der Waals surface area contributed by atoms with Gasteiger partial charge < -0.3 is 9.64 Å². The normalized spacial score (nSPS) is 21.9. The fourth-order valence-electron chi connectivity index (χ4n) is 4.44. The van der Waals surface area contributed by atoms with Crippen LogP contribution in [0.15, 0.2) is 0 Å². The van der Waals surface area contributed by atoms with Crippen molar-refractivity contribution in [3.63, 3.8) is 0 Å². The van der Waals surface area contributed by atoms with E-state index in [-0.39, 0.29) is 11.2 Å². The molecule has 2 aliphatic rings. The third kappa shape index (κ3) is 3.00. The van der Waals surface area contributed by atoms with Gasteiger partial charge in [0.05, 0.1) is 16.9 Å². The Kier molecular flexibility index (Phi) is 4.52. The van der Waals surface area contributed by atoms with Crippen molar-refractivity contribution in [2.75, 3.05) is 18.0 Å². The van der Waals surface area contributed by atoms with Crippen LogP contribution in [0.25, 0.3) is 0 Å². The van der Waals surface area contributed by atoms with Crippen LogP contribution in [0.2, 0.25) is 0 Å². The lowest BCUT2D eigenvalue weighted by Gasteiger charge is -2.49. The van der Waals surface area contributed by atoms with E-state index < -0.39 is 0 Å². The number of hydrogen-bond acceptors (Lipinski definition) is 5. The number of ether oxygens (including phenoxy) is 1. The van der Waals surface area contributed by atoms with Crippen molar-refractivity contribution in [1.29, 1.82) is 5.26 Å². The number of rotatable bonds is 3. The van der Waals surface area contributed by atoms with E-state index in [4.69, 9.17) is 4.74 Å².